The SMILES string of the molecule is CC(CNC(=O)NCC1(C(=O)O)CCCCC1)N(C)C. The van der Waals surface area contributed by atoms with Crippen molar-refractivity contribution >= 4 is 12.0 Å². The first-order valence-corrected chi connectivity index (χ1v) is 7.29. The molecule has 6 nitrogen and oxygen atoms in total. The number of carboxylic acids is 1. The summed E-state index contributed by atoms with van der Waals surface area (Å²) in [5.41, 5.74) is -0.775. The Morgan fingerprint density at radius 1 is 1.20 bits per heavy atom. The van der Waals surface area contributed by atoms with Gasteiger partial charge in [-0.05, 0) is 33.9 Å². The van der Waals surface area contributed by atoms with Crippen molar-refractivity contribution in [1.82, 2.24) is 15.5 Å². The number of urea groups is 1. The molecular formula is C14H27N3O3. The normalized spacial score (nSPS) is 19.4. The van der Waals surface area contributed by atoms with Gasteiger partial charge < -0.3 is 20.6 Å². The minimum absolute atomic E-state index is 0.213. The molecule has 1 aliphatic carbocycles. The van der Waals surface area contributed by atoms with Gasteiger partial charge in [0.15, 0.2) is 0 Å². The van der Waals surface area contributed by atoms with E-state index in [1.54, 1.807) is 0 Å². The molecule has 1 atom stereocenters. The van der Waals surface area contributed by atoms with Crippen LogP contribution in [0.4, 0.5) is 4.79 Å². The fraction of sp³-hybridized carbons (Fsp3) is 0.857. The van der Waals surface area contributed by atoms with E-state index in [1.807, 2.05) is 25.9 Å². The number of rotatable bonds is 6. The zero-order chi connectivity index (χ0) is 15.2. The van der Waals surface area contributed by atoms with Crippen molar-refractivity contribution in [2.24, 2.45) is 5.41 Å². The van der Waals surface area contributed by atoms with Crippen LogP contribution in [0, 0.1) is 5.41 Å². The van der Waals surface area contributed by atoms with Gasteiger partial charge in [-0.15, -0.1) is 0 Å². The van der Waals surface area contributed by atoms with E-state index < -0.39 is 11.4 Å². The molecule has 0 aliphatic heterocycles. The molecule has 0 aromatic rings. The van der Waals surface area contributed by atoms with E-state index >= 15 is 0 Å². The van der Waals surface area contributed by atoms with Gasteiger partial charge in [-0.1, -0.05) is 19.3 Å². The first kappa shape index (κ1) is 16.8. The zero-order valence-electron chi connectivity index (χ0n) is 12.7. The van der Waals surface area contributed by atoms with Crippen LogP contribution < -0.4 is 10.6 Å². The Morgan fingerprint density at radius 2 is 1.80 bits per heavy atom. The van der Waals surface area contributed by atoms with Crippen LogP contribution in [0.1, 0.15) is 39.0 Å². The van der Waals surface area contributed by atoms with Crippen molar-refractivity contribution in [1.29, 1.82) is 0 Å². The van der Waals surface area contributed by atoms with Crippen LogP contribution in [0.2, 0.25) is 0 Å². The van der Waals surface area contributed by atoms with E-state index in [2.05, 4.69) is 10.6 Å². The number of carboxylic acid groups (broad SMARTS) is 1. The van der Waals surface area contributed by atoms with Gasteiger partial charge in [0.2, 0.25) is 0 Å². The van der Waals surface area contributed by atoms with Gasteiger partial charge in [0, 0.05) is 19.1 Å². The van der Waals surface area contributed by atoms with E-state index in [-0.39, 0.29) is 18.6 Å². The molecule has 1 rings (SSSR count). The summed E-state index contributed by atoms with van der Waals surface area (Å²) in [6.07, 6.45) is 4.23. The van der Waals surface area contributed by atoms with E-state index in [9.17, 15) is 14.7 Å². The standard InChI is InChI=1S/C14H27N3O3/c1-11(17(2)3)9-15-13(20)16-10-14(12(18)19)7-5-4-6-8-14/h11H,4-10H2,1-3H3,(H,18,19)(H2,15,16,20). The second kappa shape index (κ2) is 7.47. The van der Waals surface area contributed by atoms with E-state index in [4.69, 9.17) is 0 Å². The van der Waals surface area contributed by atoms with Gasteiger partial charge in [0.1, 0.15) is 0 Å². The van der Waals surface area contributed by atoms with Crippen LogP contribution in [0.5, 0.6) is 0 Å². The van der Waals surface area contributed by atoms with Crippen molar-refractivity contribution in [3.63, 3.8) is 0 Å². The predicted octanol–water partition coefficient (Wildman–Crippen LogP) is 1.27. The highest BCUT2D eigenvalue weighted by molar-refractivity contribution is 5.78. The van der Waals surface area contributed by atoms with Crippen molar-refractivity contribution in [2.45, 2.75) is 45.1 Å². The van der Waals surface area contributed by atoms with E-state index in [1.165, 1.54) is 0 Å². The number of nitrogens with one attached hydrogen (secondary N) is 2. The molecule has 6 heteroatoms. The smallest absolute Gasteiger partial charge is 0.314 e. The topological polar surface area (TPSA) is 81.7 Å². The maximum absolute atomic E-state index is 11.7. The van der Waals surface area contributed by atoms with Crippen LogP contribution in [-0.2, 0) is 4.79 Å². The lowest BCUT2D eigenvalue weighted by molar-refractivity contribution is -0.150. The molecule has 0 spiro atoms. The molecule has 0 heterocycles. The molecule has 0 aromatic heterocycles. The average molecular weight is 285 g/mol. The van der Waals surface area contributed by atoms with Gasteiger partial charge in [0.05, 0.1) is 5.41 Å². The molecule has 20 heavy (non-hydrogen) atoms. The second-order valence-electron chi connectivity index (χ2n) is 6.02. The summed E-state index contributed by atoms with van der Waals surface area (Å²) in [7, 11) is 3.90. The molecule has 0 saturated heterocycles. The maximum Gasteiger partial charge on any atom is 0.314 e. The first-order valence-electron chi connectivity index (χ1n) is 7.29. The molecule has 1 fully saturated rings. The monoisotopic (exact) mass is 285 g/mol. The van der Waals surface area contributed by atoms with Crippen molar-refractivity contribution in [3.05, 3.63) is 0 Å². The average Bonchev–Trinajstić information content (AvgIpc) is 2.43. The molecule has 0 bridgehead atoms. The lowest BCUT2D eigenvalue weighted by Crippen LogP contribution is -2.49. The summed E-state index contributed by atoms with van der Waals surface area (Å²) >= 11 is 0. The Labute approximate surface area is 120 Å². The number of likely N-dealkylation sites (N-methyl/N-ethyl adjacent to an activating group) is 1. The predicted molar refractivity (Wildman–Crippen MR) is 77.7 cm³/mol. The number of amides is 2. The summed E-state index contributed by atoms with van der Waals surface area (Å²) in [6, 6.07) is -0.0474. The Kier molecular flexibility index (Phi) is 6.26. The summed E-state index contributed by atoms with van der Waals surface area (Å²) in [5, 5.41) is 14.9. The highest BCUT2D eigenvalue weighted by Crippen LogP contribution is 2.35. The third-order valence-corrected chi connectivity index (χ3v) is 4.29. The second-order valence-corrected chi connectivity index (χ2v) is 6.02. The van der Waals surface area contributed by atoms with E-state index in [0.29, 0.717) is 19.4 Å². The number of nitrogens with zero attached hydrogens (tertiary/aromatic N) is 1. The molecule has 1 aliphatic rings. The van der Waals surface area contributed by atoms with Gasteiger partial charge >= 0.3 is 12.0 Å². The summed E-state index contributed by atoms with van der Waals surface area (Å²) < 4.78 is 0. The molecular weight excluding hydrogens is 258 g/mol. The minimum atomic E-state index is -0.792. The minimum Gasteiger partial charge on any atom is -0.481 e. The number of carbonyl (C=O) groups is 2. The maximum atomic E-state index is 11.7. The van der Waals surface area contributed by atoms with Crippen molar-refractivity contribution < 1.29 is 14.7 Å². The molecule has 3 N–H and O–H groups in total. The summed E-state index contributed by atoms with van der Waals surface area (Å²) in [4.78, 5) is 25.2. The van der Waals surface area contributed by atoms with Crippen LogP contribution in [0.15, 0.2) is 0 Å². The number of carbonyl (C=O) groups excluding carboxylic acids is 1. The highest BCUT2D eigenvalue weighted by Gasteiger charge is 2.39. The Morgan fingerprint density at radius 3 is 2.30 bits per heavy atom. The quantitative estimate of drug-likeness (QED) is 0.686. The molecule has 0 radical (unpaired) electrons. The van der Waals surface area contributed by atoms with Crippen LogP contribution in [-0.4, -0.2) is 55.2 Å². The molecule has 1 saturated carbocycles. The fourth-order valence-corrected chi connectivity index (χ4v) is 2.43. The third-order valence-electron chi connectivity index (χ3n) is 4.29. The number of hydrogen-bond donors (Lipinski definition) is 3. The lowest BCUT2D eigenvalue weighted by Gasteiger charge is -2.33. The van der Waals surface area contributed by atoms with Gasteiger partial charge in [-0.2, -0.15) is 0 Å². The van der Waals surface area contributed by atoms with Crippen molar-refractivity contribution in [2.75, 3.05) is 27.2 Å². The van der Waals surface area contributed by atoms with Crippen LogP contribution in [0.3, 0.4) is 0 Å². The number of hydrogen-bond acceptors (Lipinski definition) is 3. The molecule has 2 amide bonds. The highest BCUT2D eigenvalue weighted by atomic mass is 16.4. The Hall–Kier alpha value is -1.30. The third kappa shape index (κ3) is 4.67. The van der Waals surface area contributed by atoms with Gasteiger partial charge in [-0.25, -0.2) is 4.79 Å². The Bertz CT molecular complexity index is 339. The Balaban J connectivity index is 2.40. The van der Waals surface area contributed by atoms with Crippen LogP contribution in [0.25, 0.3) is 0 Å². The summed E-state index contributed by atoms with van der Waals surface area (Å²) in [6.45, 7) is 2.77. The zero-order valence-corrected chi connectivity index (χ0v) is 12.7. The first-order chi connectivity index (χ1) is 9.37. The summed E-state index contributed by atoms with van der Waals surface area (Å²) in [5.74, 6) is -0.792. The van der Waals surface area contributed by atoms with Crippen LogP contribution >= 0.6 is 0 Å². The van der Waals surface area contributed by atoms with Gasteiger partial charge in [0.25, 0.3) is 0 Å². The van der Waals surface area contributed by atoms with E-state index in [0.717, 1.165) is 19.3 Å². The van der Waals surface area contributed by atoms with Gasteiger partial charge in [-0.3, -0.25) is 4.79 Å². The lowest BCUT2D eigenvalue weighted by atomic mass is 9.74. The largest absolute Gasteiger partial charge is 0.481 e. The molecule has 1 unspecified atom stereocenters. The molecule has 116 valence electrons. The van der Waals surface area contributed by atoms with Crippen molar-refractivity contribution in [3.8, 4) is 0 Å². The fourth-order valence-electron chi connectivity index (χ4n) is 2.43. The molecule has 0 aromatic carbocycles. The number of aliphatic carboxylic acids is 1.